The predicted octanol–water partition coefficient (Wildman–Crippen LogP) is 1.44. The van der Waals surface area contributed by atoms with Crippen LogP contribution in [-0.2, 0) is 14.8 Å². The second-order valence-electron chi connectivity index (χ2n) is 3.59. The number of aliphatic carboxylic acids is 1. The summed E-state index contributed by atoms with van der Waals surface area (Å²) < 4.78 is 25.9. The highest BCUT2D eigenvalue weighted by molar-refractivity contribution is 9.10. The van der Waals surface area contributed by atoms with Crippen molar-refractivity contribution in [3.05, 3.63) is 28.7 Å². The van der Waals surface area contributed by atoms with E-state index in [9.17, 15) is 13.2 Å². The number of nitriles is 1. The molecule has 0 unspecified atom stereocenters. The van der Waals surface area contributed by atoms with E-state index in [1.807, 2.05) is 0 Å². The minimum atomic E-state index is -3.90. The van der Waals surface area contributed by atoms with Gasteiger partial charge in [-0.25, -0.2) is 8.42 Å². The molecule has 0 atom stereocenters. The lowest BCUT2D eigenvalue weighted by atomic mass is 10.4. The molecule has 0 aliphatic carbocycles. The first-order valence-corrected chi connectivity index (χ1v) is 7.45. The minimum Gasteiger partial charge on any atom is -0.480 e. The van der Waals surface area contributed by atoms with E-state index in [2.05, 4.69) is 15.9 Å². The lowest BCUT2D eigenvalue weighted by Crippen LogP contribution is -2.36. The molecule has 6 nitrogen and oxygen atoms in total. The molecule has 0 saturated heterocycles. The Morgan fingerprint density at radius 2 is 1.95 bits per heavy atom. The quantitative estimate of drug-likeness (QED) is 0.840. The molecule has 0 fully saturated rings. The van der Waals surface area contributed by atoms with Gasteiger partial charge in [0.05, 0.1) is 11.0 Å². The summed E-state index contributed by atoms with van der Waals surface area (Å²) in [6.07, 6.45) is -0.0664. The molecule has 1 rings (SSSR count). The van der Waals surface area contributed by atoms with Gasteiger partial charge in [0, 0.05) is 17.4 Å². The molecule has 1 aromatic rings. The van der Waals surface area contributed by atoms with Crippen molar-refractivity contribution in [2.75, 3.05) is 13.1 Å². The standard InChI is InChI=1S/C11H11BrN2O4S/c12-9-2-4-10(5-3-9)19(17,18)14(7-1-6-13)8-11(15)16/h2-5H,1,7-8H2,(H,15,16). The molecule has 0 aliphatic heterocycles. The third kappa shape index (κ3) is 4.31. The van der Waals surface area contributed by atoms with Crippen molar-refractivity contribution in [1.82, 2.24) is 4.31 Å². The van der Waals surface area contributed by atoms with Gasteiger partial charge >= 0.3 is 5.97 Å². The fraction of sp³-hybridized carbons (Fsp3) is 0.273. The number of nitrogens with zero attached hydrogens (tertiary/aromatic N) is 2. The number of hydrogen-bond donors (Lipinski definition) is 1. The van der Waals surface area contributed by atoms with Gasteiger partial charge in [0.25, 0.3) is 0 Å². The van der Waals surface area contributed by atoms with E-state index in [1.54, 1.807) is 18.2 Å². The molecular weight excluding hydrogens is 336 g/mol. The molecule has 0 amide bonds. The van der Waals surface area contributed by atoms with Crippen LogP contribution in [0.1, 0.15) is 6.42 Å². The van der Waals surface area contributed by atoms with Crippen LogP contribution in [0.4, 0.5) is 0 Å². The van der Waals surface area contributed by atoms with Gasteiger partial charge in [-0.3, -0.25) is 4.79 Å². The van der Waals surface area contributed by atoms with Crippen LogP contribution >= 0.6 is 15.9 Å². The smallest absolute Gasteiger partial charge is 0.318 e. The zero-order valence-corrected chi connectivity index (χ0v) is 12.2. The van der Waals surface area contributed by atoms with Crippen LogP contribution in [-0.4, -0.2) is 36.9 Å². The molecule has 19 heavy (non-hydrogen) atoms. The number of carboxylic acids is 1. The van der Waals surface area contributed by atoms with Gasteiger partial charge in [-0.15, -0.1) is 0 Å². The number of hydrogen-bond acceptors (Lipinski definition) is 4. The van der Waals surface area contributed by atoms with Crippen molar-refractivity contribution in [2.45, 2.75) is 11.3 Å². The van der Waals surface area contributed by atoms with Gasteiger partial charge < -0.3 is 5.11 Å². The summed E-state index contributed by atoms with van der Waals surface area (Å²) in [4.78, 5) is 10.7. The summed E-state index contributed by atoms with van der Waals surface area (Å²) in [6, 6.07) is 7.65. The maximum absolute atomic E-state index is 12.2. The summed E-state index contributed by atoms with van der Waals surface area (Å²) in [7, 11) is -3.90. The Bertz CT molecular complexity index is 592. The van der Waals surface area contributed by atoms with Crippen molar-refractivity contribution in [3.8, 4) is 6.07 Å². The number of carboxylic acid groups (broad SMARTS) is 1. The highest BCUT2D eigenvalue weighted by Gasteiger charge is 2.26. The van der Waals surface area contributed by atoms with Gasteiger partial charge in [0.1, 0.15) is 6.54 Å². The van der Waals surface area contributed by atoms with Crippen LogP contribution in [0.15, 0.2) is 33.6 Å². The molecular formula is C11H11BrN2O4S. The maximum Gasteiger partial charge on any atom is 0.318 e. The minimum absolute atomic E-state index is 0.00473. The Hall–Kier alpha value is -1.43. The first-order chi connectivity index (χ1) is 8.87. The van der Waals surface area contributed by atoms with Gasteiger partial charge in [-0.1, -0.05) is 15.9 Å². The lowest BCUT2D eigenvalue weighted by molar-refractivity contribution is -0.137. The Kier molecular flexibility index (Phi) is 5.47. The van der Waals surface area contributed by atoms with Crippen LogP contribution < -0.4 is 0 Å². The van der Waals surface area contributed by atoms with E-state index in [-0.39, 0.29) is 17.9 Å². The second-order valence-corrected chi connectivity index (χ2v) is 6.45. The Morgan fingerprint density at radius 3 is 2.42 bits per heavy atom. The molecule has 8 heteroatoms. The zero-order chi connectivity index (χ0) is 14.5. The zero-order valence-electron chi connectivity index (χ0n) is 9.78. The van der Waals surface area contributed by atoms with Crippen molar-refractivity contribution < 1.29 is 18.3 Å². The summed E-state index contributed by atoms with van der Waals surface area (Å²) in [5.74, 6) is -1.27. The molecule has 0 aromatic heterocycles. The topological polar surface area (TPSA) is 98.5 Å². The molecule has 0 radical (unpaired) electrons. The van der Waals surface area contributed by atoms with E-state index in [1.165, 1.54) is 12.1 Å². The van der Waals surface area contributed by atoms with Crippen LogP contribution in [0.5, 0.6) is 0 Å². The molecule has 0 bridgehead atoms. The number of carbonyl (C=O) groups is 1. The number of sulfonamides is 1. The van der Waals surface area contributed by atoms with E-state index in [4.69, 9.17) is 10.4 Å². The largest absolute Gasteiger partial charge is 0.480 e. The summed E-state index contributed by atoms with van der Waals surface area (Å²) in [6.45, 7) is -0.818. The number of benzene rings is 1. The van der Waals surface area contributed by atoms with Crippen molar-refractivity contribution in [2.24, 2.45) is 0 Å². The monoisotopic (exact) mass is 346 g/mol. The van der Waals surface area contributed by atoms with Crippen molar-refractivity contribution >= 4 is 31.9 Å². The molecule has 102 valence electrons. The van der Waals surface area contributed by atoms with Crippen LogP contribution in [0.2, 0.25) is 0 Å². The maximum atomic E-state index is 12.2. The van der Waals surface area contributed by atoms with Crippen LogP contribution in [0.3, 0.4) is 0 Å². The van der Waals surface area contributed by atoms with E-state index in [0.717, 1.165) is 4.31 Å². The third-order valence-electron chi connectivity index (χ3n) is 2.24. The SMILES string of the molecule is N#CCCN(CC(=O)O)S(=O)(=O)c1ccc(Br)cc1. The molecule has 0 saturated carbocycles. The molecule has 1 aromatic carbocycles. The fourth-order valence-corrected chi connectivity index (χ4v) is 3.02. The van der Waals surface area contributed by atoms with E-state index < -0.39 is 22.5 Å². The van der Waals surface area contributed by atoms with Gasteiger partial charge in [-0.2, -0.15) is 9.57 Å². The Balaban J connectivity index is 3.08. The molecule has 1 N–H and O–H groups in total. The first kappa shape index (κ1) is 15.6. The molecule has 0 spiro atoms. The normalized spacial score (nSPS) is 11.2. The van der Waals surface area contributed by atoms with Crippen molar-refractivity contribution in [3.63, 3.8) is 0 Å². The fourth-order valence-electron chi connectivity index (χ4n) is 1.37. The third-order valence-corrected chi connectivity index (χ3v) is 4.62. The predicted molar refractivity (Wildman–Crippen MR) is 70.8 cm³/mol. The van der Waals surface area contributed by atoms with E-state index >= 15 is 0 Å². The Morgan fingerprint density at radius 1 is 1.37 bits per heavy atom. The van der Waals surface area contributed by atoms with Gasteiger partial charge in [-0.05, 0) is 24.3 Å². The molecule has 0 heterocycles. The Labute approximate surface area is 119 Å². The van der Waals surface area contributed by atoms with Gasteiger partial charge in [0.15, 0.2) is 0 Å². The number of halogens is 1. The van der Waals surface area contributed by atoms with Gasteiger partial charge in [0.2, 0.25) is 10.0 Å². The van der Waals surface area contributed by atoms with Crippen molar-refractivity contribution in [1.29, 1.82) is 5.26 Å². The average Bonchev–Trinajstić information content (AvgIpc) is 2.34. The lowest BCUT2D eigenvalue weighted by Gasteiger charge is -2.19. The average molecular weight is 347 g/mol. The summed E-state index contributed by atoms with van der Waals surface area (Å²) in [5, 5.41) is 17.2. The highest BCUT2D eigenvalue weighted by atomic mass is 79.9. The van der Waals surface area contributed by atoms with Crippen LogP contribution in [0, 0.1) is 11.3 Å². The van der Waals surface area contributed by atoms with Crippen LogP contribution in [0.25, 0.3) is 0 Å². The van der Waals surface area contributed by atoms with E-state index in [0.29, 0.717) is 4.47 Å². The summed E-state index contributed by atoms with van der Waals surface area (Å²) >= 11 is 3.19. The summed E-state index contributed by atoms with van der Waals surface area (Å²) in [5.41, 5.74) is 0. The number of rotatable bonds is 6. The molecule has 0 aliphatic rings. The second kappa shape index (κ2) is 6.65. The highest BCUT2D eigenvalue weighted by Crippen LogP contribution is 2.18. The first-order valence-electron chi connectivity index (χ1n) is 5.22.